The molecule has 2 aromatic carbocycles. The molecule has 0 fully saturated rings. The largest absolute Gasteiger partial charge is 0.453 e. The van der Waals surface area contributed by atoms with Crippen LogP contribution in [0.5, 0.6) is 0 Å². The maximum Gasteiger partial charge on any atom is 0.407 e. The summed E-state index contributed by atoms with van der Waals surface area (Å²) < 4.78 is 9.54. The van der Waals surface area contributed by atoms with E-state index in [2.05, 4.69) is 26.4 Å². The van der Waals surface area contributed by atoms with Crippen LogP contribution in [-0.4, -0.2) is 84.1 Å². The van der Waals surface area contributed by atoms with Gasteiger partial charge in [-0.2, -0.15) is 0 Å². The molecule has 1 aromatic heterocycles. The summed E-state index contributed by atoms with van der Waals surface area (Å²) >= 11 is 0. The molecular formula is C38H52N6O7. The number of nitrogens with zero attached hydrogens (tertiary/aromatic N) is 2. The van der Waals surface area contributed by atoms with E-state index in [-0.39, 0.29) is 19.5 Å². The van der Waals surface area contributed by atoms with E-state index in [1.807, 2.05) is 93.6 Å². The van der Waals surface area contributed by atoms with Crippen LogP contribution in [0.25, 0.3) is 11.3 Å². The van der Waals surface area contributed by atoms with Gasteiger partial charge in [-0.3, -0.25) is 20.0 Å². The first-order valence-electron chi connectivity index (χ1n) is 16.8. The number of benzene rings is 2. The molecule has 13 nitrogen and oxygen atoms in total. The number of rotatable bonds is 14. The Hall–Kier alpha value is -5.01. The van der Waals surface area contributed by atoms with Gasteiger partial charge in [0.25, 0.3) is 5.91 Å². The van der Waals surface area contributed by atoms with Gasteiger partial charge in [0.15, 0.2) is 0 Å². The van der Waals surface area contributed by atoms with Crippen LogP contribution < -0.4 is 21.4 Å². The first kappa shape index (κ1) is 40.4. The van der Waals surface area contributed by atoms with E-state index >= 15 is 0 Å². The van der Waals surface area contributed by atoms with Gasteiger partial charge in [0.1, 0.15) is 12.1 Å². The van der Waals surface area contributed by atoms with Crippen LogP contribution >= 0.6 is 0 Å². The molecule has 0 spiro atoms. The maximum absolute atomic E-state index is 13.8. The Morgan fingerprint density at radius 2 is 1.27 bits per heavy atom. The van der Waals surface area contributed by atoms with E-state index in [1.165, 1.54) is 14.2 Å². The zero-order chi connectivity index (χ0) is 37.8. The minimum Gasteiger partial charge on any atom is -0.453 e. The average Bonchev–Trinajstić information content (AvgIpc) is 3.08. The van der Waals surface area contributed by atoms with Gasteiger partial charge in [0.2, 0.25) is 5.91 Å². The number of hydrogen-bond donors (Lipinski definition) is 5. The van der Waals surface area contributed by atoms with Crippen molar-refractivity contribution in [1.29, 1.82) is 0 Å². The second-order valence-electron chi connectivity index (χ2n) is 14.5. The molecule has 0 aliphatic rings. The molecule has 4 atom stereocenters. The number of amides is 4. The Balaban J connectivity index is 1.96. The third-order valence-electron chi connectivity index (χ3n) is 8.21. The molecule has 3 aromatic rings. The monoisotopic (exact) mass is 704 g/mol. The van der Waals surface area contributed by atoms with Crippen molar-refractivity contribution in [3.05, 3.63) is 90.1 Å². The van der Waals surface area contributed by atoms with Crippen LogP contribution in [0.2, 0.25) is 0 Å². The second kappa shape index (κ2) is 18.3. The van der Waals surface area contributed by atoms with E-state index in [1.54, 1.807) is 32.0 Å². The van der Waals surface area contributed by atoms with E-state index in [0.717, 1.165) is 22.4 Å². The third kappa shape index (κ3) is 12.7. The number of carbonyl (C=O) groups excluding carboxylic acids is 4. The van der Waals surface area contributed by atoms with Crippen molar-refractivity contribution in [2.75, 3.05) is 20.8 Å². The number of aliphatic hydroxyl groups is 1. The standard InChI is InChI=1S/C38H52N6O7/c1-37(2,3)31(41-35(48)50-7)33(46)40-29(22-25-14-10-9-11-15-25)30(45)24-44(43-34(47)32(38(4,5)6)42-36(49)51-8)23-26-17-19-27(20-18-26)28-16-12-13-21-39-28/h9-21,29-32,45H,22-24H2,1-8H3,(H,40,46)(H,41,48)(H,42,49)(H,43,47)/t29-,30?,31+,32+/m0/s1. The highest BCUT2D eigenvalue weighted by molar-refractivity contribution is 5.87. The molecule has 1 unspecified atom stereocenters. The molecule has 5 N–H and O–H groups in total. The fraction of sp³-hybridized carbons (Fsp3) is 0.447. The molecule has 3 rings (SSSR count). The molecule has 0 aliphatic heterocycles. The van der Waals surface area contributed by atoms with Crippen molar-refractivity contribution in [1.82, 2.24) is 31.4 Å². The van der Waals surface area contributed by atoms with Crippen molar-refractivity contribution >= 4 is 24.0 Å². The first-order chi connectivity index (χ1) is 24.0. The lowest BCUT2D eigenvalue weighted by atomic mass is 9.85. The molecule has 4 amide bonds. The number of ether oxygens (including phenoxy) is 2. The predicted molar refractivity (Wildman–Crippen MR) is 194 cm³/mol. The number of pyridine rings is 1. The topological polar surface area (TPSA) is 171 Å². The fourth-order valence-electron chi connectivity index (χ4n) is 5.38. The van der Waals surface area contributed by atoms with Crippen LogP contribution in [0, 0.1) is 10.8 Å². The van der Waals surface area contributed by atoms with Crippen molar-refractivity contribution in [3.8, 4) is 11.3 Å². The zero-order valence-electron chi connectivity index (χ0n) is 30.7. The highest BCUT2D eigenvalue weighted by Gasteiger charge is 2.37. The van der Waals surface area contributed by atoms with Gasteiger partial charge < -0.3 is 30.5 Å². The van der Waals surface area contributed by atoms with Crippen molar-refractivity contribution < 1.29 is 33.8 Å². The van der Waals surface area contributed by atoms with Gasteiger partial charge in [-0.15, -0.1) is 0 Å². The second-order valence-corrected chi connectivity index (χ2v) is 14.5. The molecule has 276 valence electrons. The maximum atomic E-state index is 13.8. The number of methoxy groups -OCH3 is 2. The van der Waals surface area contributed by atoms with Gasteiger partial charge >= 0.3 is 12.2 Å². The predicted octanol–water partition coefficient (Wildman–Crippen LogP) is 4.21. The minimum absolute atomic E-state index is 0.120. The normalized spacial score (nSPS) is 14.0. The van der Waals surface area contributed by atoms with Gasteiger partial charge in [0.05, 0.1) is 32.1 Å². The van der Waals surface area contributed by atoms with Crippen molar-refractivity contribution in [2.45, 2.75) is 78.7 Å². The van der Waals surface area contributed by atoms with Gasteiger partial charge in [-0.25, -0.2) is 14.6 Å². The molecule has 0 saturated carbocycles. The summed E-state index contributed by atoms with van der Waals surface area (Å²) in [5.74, 6) is -1.03. The number of hydrogen-bond acceptors (Lipinski definition) is 9. The zero-order valence-corrected chi connectivity index (χ0v) is 30.7. The molecule has 0 bridgehead atoms. The quantitative estimate of drug-likeness (QED) is 0.154. The lowest BCUT2D eigenvalue weighted by molar-refractivity contribution is -0.132. The minimum atomic E-state index is -1.22. The summed E-state index contributed by atoms with van der Waals surface area (Å²) in [4.78, 5) is 56.3. The Morgan fingerprint density at radius 1 is 0.725 bits per heavy atom. The summed E-state index contributed by atoms with van der Waals surface area (Å²) in [7, 11) is 2.44. The summed E-state index contributed by atoms with van der Waals surface area (Å²) in [5.41, 5.74) is 4.88. The number of aromatic nitrogens is 1. The van der Waals surface area contributed by atoms with Gasteiger partial charge in [-0.1, -0.05) is 102 Å². The lowest BCUT2D eigenvalue weighted by Gasteiger charge is -2.35. The van der Waals surface area contributed by atoms with Crippen LogP contribution in [-0.2, 0) is 32.0 Å². The summed E-state index contributed by atoms with van der Waals surface area (Å²) in [6.07, 6.45) is -0.778. The lowest BCUT2D eigenvalue weighted by Crippen LogP contribution is -2.60. The highest BCUT2D eigenvalue weighted by Crippen LogP contribution is 2.23. The first-order valence-corrected chi connectivity index (χ1v) is 16.8. The molecule has 1 heterocycles. The smallest absolute Gasteiger partial charge is 0.407 e. The Morgan fingerprint density at radius 3 is 1.78 bits per heavy atom. The van der Waals surface area contributed by atoms with Crippen LogP contribution in [0.15, 0.2) is 79.0 Å². The fourth-order valence-corrected chi connectivity index (χ4v) is 5.38. The molecule has 0 aliphatic carbocycles. The number of carbonyl (C=O) groups is 4. The molecule has 13 heteroatoms. The summed E-state index contributed by atoms with van der Waals surface area (Å²) in [6.45, 7) is 10.9. The van der Waals surface area contributed by atoms with E-state index in [4.69, 9.17) is 9.47 Å². The SMILES string of the molecule is COC(=O)N[C@H](C(=O)N[C@@H](Cc1ccccc1)C(O)CN(Cc1ccc(-c2ccccn2)cc1)NC(=O)[C@@H](NC(=O)OC)C(C)(C)C)C(C)(C)C. The molecular weight excluding hydrogens is 652 g/mol. The van der Waals surface area contributed by atoms with Crippen LogP contribution in [0.3, 0.4) is 0 Å². The van der Waals surface area contributed by atoms with Gasteiger partial charge in [-0.05, 0) is 40.5 Å². The Labute approximate surface area is 300 Å². The highest BCUT2D eigenvalue weighted by atomic mass is 16.5. The van der Waals surface area contributed by atoms with Crippen molar-refractivity contribution in [3.63, 3.8) is 0 Å². The average molecular weight is 705 g/mol. The van der Waals surface area contributed by atoms with Crippen LogP contribution in [0.1, 0.15) is 52.7 Å². The van der Waals surface area contributed by atoms with Crippen LogP contribution in [0.4, 0.5) is 9.59 Å². The number of nitrogens with one attached hydrogen (secondary N) is 4. The molecule has 0 radical (unpaired) electrons. The Bertz CT molecular complexity index is 1570. The summed E-state index contributed by atoms with van der Waals surface area (Å²) in [5, 5.41) is 21.6. The Kier molecular flexibility index (Phi) is 14.5. The molecule has 0 saturated heterocycles. The van der Waals surface area contributed by atoms with E-state index in [9.17, 15) is 24.3 Å². The van der Waals surface area contributed by atoms with Crippen molar-refractivity contribution in [2.24, 2.45) is 10.8 Å². The number of alkyl carbamates (subject to hydrolysis) is 2. The number of aliphatic hydroxyl groups excluding tert-OH is 1. The van der Waals surface area contributed by atoms with E-state index < -0.39 is 59.1 Å². The van der Waals surface area contributed by atoms with E-state index in [0.29, 0.717) is 0 Å². The summed E-state index contributed by atoms with van der Waals surface area (Å²) in [6, 6.07) is 19.8. The third-order valence-corrected chi connectivity index (χ3v) is 8.21. The van der Waals surface area contributed by atoms with Gasteiger partial charge in [0, 0.05) is 24.8 Å². The molecule has 51 heavy (non-hydrogen) atoms. The number of hydrazine groups is 1.